The lowest BCUT2D eigenvalue weighted by atomic mass is 10.9. The zero-order valence-electron chi connectivity index (χ0n) is 10.4. The first-order chi connectivity index (χ1) is 7.83. The molecule has 0 amide bonds. The van der Waals surface area contributed by atoms with Crippen LogP contribution in [0, 0.1) is 0 Å². The Labute approximate surface area is 101 Å². The Morgan fingerprint density at radius 1 is 0.438 bits per heavy atom. The summed E-state index contributed by atoms with van der Waals surface area (Å²) >= 11 is 0. The Bertz CT molecular complexity index is 269. The van der Waals surface area contributed by atoms with Crippen molar-refractivity contribution in [1.82, 2.24) is 0 Å². The van der Waals surface area contributed by atoms with Crippen LogP contribution in [0.2, 0.25) is 33.5 Å². The topological polar surface area (TPSA) is 0 Å². The quantitative estimate of drug-likeness (QED) is 0.636. The van der Waals surface area contributed by atoms with Crippen LogP contribution in [-0.2, 0) is 0 Å². The third kappa shape index (κ3) is 1.11. The maximum atomic E-state index is 1.98. The van der Waals surface area contributed by atoms with Crippen molar-refractivity contribution >= 4 is 16.1 Å². The second-order valence-corrected chi connectivity index (χ2v) is 18.9. The minimum atomic E-state index is -0.595. The highest BCUT2D eigenvalue weighted by molar-refractivity contribution is 7.16. The third-order valence-electron chi connectivity index (χ3n) is 6.88. The van der Waals surface area contributed by atoms with Gasteiger partial charge in [-0.05, 0) is 22.2 Å². The highest BCUT2D eigenvalue weighted by atomic mass is 28.5. The van der Waals surface area contributed by atoms with Crippen LogP contribution >= 0.6 is 0 Å². The smallest absolute Gasteiger partial charge is 0.0546 e. The molecule has 0 aromatic rings. The molecule has 5 fully saturated rings. The van der Waals surface area contributed by atoms with Gasteiger partial charge in [-0.25, -0.2) is 0 Å². The van der Waals surface area contributed by atoms with E-state index in [2.05, 4.69) is 0 Å². The highest BCUT2D eigenvalue weighted by Gasteiger charge is 2.73. The lowest BCUT2D eigenvalue weighted by Gasteiger charge is -2.56. The second kappa shape index (κ2) is 2.71. The summed E-state index contributed by atoms with van der Waals surface area (Å²) in [4.78, 5) is 0. The fraction of sp³-hybridized carbons (Fsp3) is 1.00. The molecule has 0 aromatic carbocycles. The van der Waals surface area contributed by atoms with Crippen LogP contribution in [0.15, 0.2) is 0 Å². The molecule has 0 unspecified atom stereocenters. The fourth-order valence-electron chi connectivity index (χ4n) is 5.63. The van der Waals surface area contributed by atoms with Crippen molar-refractivity contribution in [3.8, 4) is 0 Å². The second-order valence-electron chi connectivity index (χ2n) is 7.92. The van der Waals surface area contributed by atoms with Gasteiger partial charge in [0.25, 0.3) is 0 Å². The van der Waals surface area contributed by atoms with Crippen LogP contribution in [0.5, 0.6) is 0 Å². The summed E-state index contributed by atoms with van der Waals surface area (Å²) in [6.45, 7) is 0. The molecule has 1 aliphatic heterocycles. The van der Waals surface area contributed by atoms with Gasteiger partial charge in [0.05, 0.1) is 16.1 Å². The molecule has 1 saturated heterocycles. The van der Waals surface area contributed by atoms with E-state index in [4.69, 9.17) is 0 Å². The predicted molar refractivity (Wildman–Crippen MR) is 73.1 cm³/mol. The average molecular weight is 249 g/mol. The van der Waals surface area contributed by atoms with E-state index in [9.17, 15) is 0 Å². The van der Waals surface area contributed by atoms with E-state index >= 15 is 0 Å². The molecule has 16 heavy (non-hydrogen) atoms. The number of hydrogen-bond acceptors (Lipinski definition) is 0. The van der Waals surface area contributed by atoms with Crippen LogP contribution in [-0.4, -0.2) is 16.1 Å². The lowest BCUT2D eigenvalue weighted by Crippen LogP contribution is -2.64. The van der Waals surface area contributed by atoms with E-state index in [0.29, 0.717) is 0 Å². The first kappa shape index (κ1) is 9.38. The molecule has 4 aliphatic carbocycles. The molecular weight excluding hydrogens is 224 g/mol. The highest BCUT2D eigenvalue weighted by Crippen LogP contribution is 2.76. The third-order valence-corrected chi connectivity index (χ3v) is 26.2. The summed E-state index contributed by atoms with van der Waals surface area (Å²) in [5.74, 6) is 0. The van der Waals surface area contributed by atoms with Crippen molar-refractivity contribution in [3.63, 3.8) is 0 Å². The fourth-order valence-corrected chi connectivity index (χ4v) is 30.9. The molecule has 1 heterocycles. The summed E-state index contributed by atoms with van der Waals surface area (Å²) in [6.07, 6.45) is 13.5. The largest absolute Gasteiger partial charge is 0.0604 e. The summed E-state index contributed by atoms with van der Waals surface area (Å²) in [5.41, 5.74) is 9.45. The Hall–Kier alpha value is 0.434. The van der Waals surface area contributed by atoms with Gasteiger partial charge in [-0.3, -0.25) is 0 Å². The Morgan fingerprint density at radius 3 is 0.875 bits per heavy atom. The monoisotopic (exact) mass is 248 g/mol. The van der Waals surface area contributed by atoms with Gasteiger partial charge in [0.1, 0.15) is 0 Å². The normalized spacial score (nSPS) is 40.5. The van der Waals surface area contributed by atoms with Crippen molar-refractivity contribution in [2.24, 2.45) is 0 Å². The average Bonchev–Trinajstić information content (AvgIpc) is 2.92. The summed E-state index contributed by atoms with van der Waals surface area (Å²) in [5, 5.41) is 0. The van der Waals surface area contributed by atoms with Crippen molar-refractivity contribution in [1.29, 1.82) is 0 Å². The van der Waals surface area contributed by atoms with Gasteiger partial charge in [-0.1, -0.05) is 62.7 Å². The van der Waals surface area contributed by atoms with Crippen LogP contribution in [0.4, 0.5) is 0 Å². The first-order valence-electron chi connectivity index (χ1n) is 7.83. The SMILES string of the molecule is C1CC1[Si]1(C2CC2)C[Si](C2CC2)(C2CC2)C1. The van der Waals surface area contributed by atoms with E-state index < -0.39 is 16.1 Å². The summed E-state index contributed by atoms with van der Waals surface area (Å²) < 4.78 is 0. The van der Waals surface area contributed by atoms with Gasteiger partial charge in [0.2, 0.25) is 0 Å². The van der Waals surface area contributed by atoms with Gasteiger partial charge >= 0.3 is 0 Å². The van der Waals surface area contributed by atoms with Gasteiger partial charge in [-0.15, -0.1) is 0 Å². The molecule has 4 saturated carbocycles. The predicted octanol–water partition coefficient (Wildman–Crippen LogP) is 4.63. The van der Waals surface area contributed by atoms with E-state index in [1.165, 1.54) is 22.2 Å². The minimum absolute atomic E-state index is 0.595. The van der Waals surface area contributed by atoms with Crippen LogP contribution in [0.25, 0.3) is 0 Å². The van der Waals surface area contributed by atoms with Crippen LogP contribution in [0.1, 0.15) is 51.4 Å². The van der Waals surface area contributed by atoms with E-state index in [1.807, 2.05) is 11.3 Å². The van der Waals surface area contributed by atoms with Crippen LogP contribution in [0.3, 0.4) is 0 Å². The number of hydrogen-bond donors (Lipinski definition) is 0. The molecule has 0 spiro atoms. The van der Waals surface area contributed by atoms with Crippen molar-refractivity contribution in [2.75, 3.05) is 0 Å². The Kier molecular flexibility index (Phi) is 1.59. The van der Waals surface area contributed by atoms with Crippen molar-refractivity contribution in [2.45, 2.75) is 84.9 Å². The minimum Gasteiger partial charge on any atom is -0.0604 e. The molecule has 5 aliphatic rings. The zero-order valence-corrected chi connectivity index (χ0v) is 12.4. The Morgan fingerprint density at radius 2 is 0.688 bits per heavy atom. The van der Waals surface area contributed by atoms with Crippen molar-refractivity contribution in [3.05, 3.63) is 0 Å². The summed E-state index contributed by atoms with van der Waals surface area (Å²) in [7, 11) is -1.19. The first-order valence-corrected chi connectivity index (χ1v) is 13.0. The van der Waals surface area contributed by atoms with Crippen molar-refractivity contribution < 1.29 is 0 Å². The van der Waals surface area contributed by atoms with E-state index in [0.717, 1.165) is 0 Å². The van der Waals surface area contributed by atoms with Crippen LogP contribution < -0.4 is 0 Å². The molecular formula is C14H24Si2. The molecule has 0 aromatic heterocycles. The van der Waals surface area contributed by atoms with Gasteiger partial charge in [0, 0.05) is 0 Å². The van der Waals surface area contributed by atoms with Gasteiger partial charge in [0.15, 0.2) is 0 Å². The molecule has 0 N–H and O–H groups in total. The molecule has 0 atom stereocenters. The Balaban J connectivity index is 1.44. The molecule has 0 nitrogen and oxygen atoms in total. The summed E-state index contributed by atoms with van der Waals surface area (Å²) in [6, 6.07) is 0. The van der Waals surface area contributed by atoms with E-state index in [-0.39, 0.29) is 0 Å². The van der Waals surface area contributed by atoms with E-state index in [1.54, 1.807) is 51.4 Å². The zero-order chi connectivity index (χ0) is 10.4. The molecule has 0 bridgehead atoms. The molecule has 5 rings (SSSR count). The van der Waals surface area contributed by atoms with Gasteiger partial charge < -0.3 is 0 Å². The molecule has 0 radical (unpaired) electrons. The number of rotatable bonds is 4. The van der Waals surface area contributed by atoms with Gasteiger partial charge in [-0.2, -0.15) is 0 Å². The maximum Gasteiger partial charge on any atom is 0.0546 e. The molecule has 2 heteroatoms. The lowest BCUT2D eigenvalue weighted by molar-refractivity contribution is 1.03. The molecule has 88 valence electrons. The standard InChI is InChI=1S/C14H24Si2/c1-2-11(1)15(12-3-4-12)9-16(10-15,13-5-6-13)14-7-8-14/h11-14H,1-10H2. The maximum absolute atomic E-state index is 1.98.